The molecule has 1 unspecified atom stereocenters. The van der Waals surface area contributed by atoms with Gasteiger partial charge in [-0.3, -0.25) is 0 Å². The number of furan rings is 1. The molecule has 1 aromatic heterocycles. The number of nitrogens with one attached hydrogen (secondary N) is 1. The van der Waals surface area contributed by atoms with Crippen molar-refractivity contribution in [2.75, 3.05) is 0 Å². The van der Waals surface area contributed by atoms with E-state index in [4.69, 9.17) is 9.52 Å². The van der Waals surface area contributed by atoms with Gasteiger partial charge in [0.15, 0.2) is 0 Å². The van der Waals surface area contributed by atoms with Crippen LogP contribution >= 0.6 is 0 Å². The van der Waals surface area contributed by atoms with Gasteiger partial charge in [0.1, 0.15) is 5.76 Å². The number of carboxylic acid groups (broad SMARTS) is 1. The Kier molecular flexibility index (Phi) is 3.52. The van der Waals surface area contributed by atoms with Gasteiger partial charge in [0, 0.05) is 11.6 Å². The van der Waals surface area contributed by atoms with Gasteiger partial charge in [0.25, 0.3) is 0 Å². The van der Waals surface area contributed by atoms with Gasteiger partial charge in [-0.15, -0.1) is 0 Å². The molecule has 0 amide bonds. The van der Waals surface area contributed by atoms with Crippen LogP contribution < -0.4 is 5.32 Å². The van der Waals surface area contributed by atoms with E-state index in [9.17, 15) is 4.79 Å². The lowest BCUT2D eigenvalue weighted by Gasteiger charge is -2.11. The van der Waals surface area contributed by atoms with Crippen LogP contribution in [0.4, 0.5) is 0 Å². The second-order valence-electron chi connectivity index (χ2n) is 4.99. The summed E-state index contributed by atoms with van der Waals surface area (Å²) < 4.78 is 5.28. The number of hydrogen-bond acceptors (Lipinski definition) is 3. The lowest BCUT2D eigenvalue weighted by molar-refractivity contribution is 0.0659. The van der Waals surface area contributed by atoms with Gasteiger partial charge in [0.2, 0.25) is 5.76 Å². The van der Waals surface area contributed by atoms with Crippen molar-refractivity contribution in [3.05, 3.63) is 23.2 Å². The molecule has 17 heavy (non-hydrogen) atoms. The fraction of sp³-hybridized carbons (Fsp3) is 0.615. The number of rotatable bonds is 6. The van der Waals surface area contributed by atoms with E-state index in [-0.39, 0.29) is 5.76 Å². The monoisotopic (exact) mass is 237 g/mol. The van der Waals surface area contributed by atoms with Crippen molar-refractivity contribution in [3.8, 4) is 0 Å². The van der Waals surface area contributed by atoms with Crippen LogP contribution in [0.1, 0.15) is 48.1 Å². The van der Waals surface area contributed by atoms with E-state index in [1.807, 2.05) is 0 Å². The van der Waals surface area contributed by atoms with Crippen molar-refractivity contribution in [3.63, 3.8) is 0 Å². The van der Waals surface area contributed by atoms with Crippen LogP contribution in [0, 0.1) is 12.8 Å². The van der Waals surface area contributed by atoms with Crippen molar-refractivity contribution in [2.24, 2.45) is 5.92 Å². The maximum atomic E-state index is 10.8. The van der Waals surface area contributed by atoms with E-state index < -0.39 is 5.97 Å². The Bertz CT molecular complexity index is 407. The van der Waals surface area contributed by atoms with Crippen molar-refractivity contribution in [1.29, 1.82) is 0 Å². The molecular formula is C13H19NO3. The molecule has 1 aliphatic rings. The SMILES string of the molecule is Cc1cc(CNC(C)CC2CC2)oc1C(=O)O. The van der Waals surface area contributed by atoms with E-state index in [1.54, 1.807) is 13.0 Å². The molecule has 0 aromatic carbocycles. The first-order valence-electron chi connectivity index (χ1n) is 6.12. The molecule has 4 heteroatoms. The van der Waals surface area contributed by atoms with Gasteiger partial charge < -0.3 is 14.8 Å². The van der Waals surface area contributed by atoms with E-state index in [2.05, 4.69) is 12.2 Å². The fourth-order valence-electron chi connectivity index (χ4n) is 2.06. The molecule has 0 radical (unpaired) electrons. The average molecular weight is 237 g/mol. The van der Waals surface area contributed by atoms with Crippen LogP contribution in [0.2, 0.25) is 0 Å². The molecular weight excluding hydrogens is 218 g/mol. The summed E-state index contributed by atoms with van der Waals surface area (Å²) >= 11 is 0. The Labute approximate surface area is 101 Å². The van der Waals surface area contributed by atoms with E-state index >= 15 is 0 Å². The highest BCUT2D eigenvalue weighted by Crippen LogP contribution is 2.33. The Morgan fingerprint density at radius 3 is 2.88 bits per heavy atom. The molecule has 0 aliphatic heterocycles. The van der Waals surface area contributed by atoms with Gasteiger partial charge in [0.05, 0.1) is 6.54 Å². The maximum Gasteiger partial charge on any atom is 0.372 e. The first-order chi connectivity index (χ1) is 8.06. The first-order valence-corrected chi connectivity index (χ1v) is 6.12. The molecule has 0 bridgehead atoms. The molecule has 1 aliphatic carbocycles. The van der Waals surface area contributed by atoms with Crippen molar-refractivity contribution >= 4 is 5.97 Å². The fourth-order valence-corrected chi connectivity index (χ4v) is 2.06. The lowest BCUT2D eigenvalue weighted by Crippen LogP contribution is -2.25. The lowest BCUT2D eigenvalue weighted by atomic mass is 10.1. The smallest absolute Gasteiger partial charge is 0.372 e. The van der Waals surface area contributed by atoms with Crippen LogP contribution in [0.15, 0.2) is 10.5 Å². The second kappa shape index (κ2) is 4.92. The largest absolute Gasteiger partial charge is 0.475 e. The van der Waals surface area contributed by atoms with Gasteiger partial charge in [-0.2, -0.15) is 0 Å². The minimum absolute atomic E-state index is 0.0524. The average Bonchev–Trinajstić information content (AvgIpc) is 2.97. The van der Waals surface area contributed by atoms with Crippen molar-refractivity contribution in [2.45, 2.75) is 45.7 Å². The summed E-state index contributed by atoms with van der Waals surface area (Å²) in [5.74, 6) is 0.643. The number of carbonyl (C=O) groups is 1. The van der Waals surface area contributed by atoms with Crippen LogP contribution in [-0.4, -0.2) is 17.1 Å². The summed E-state index contributed by atoms with van der Waals surface area (Å²) in [5.41, 5.74) is 0.684. The third-order valence-corrected chi connectivity index (χ3v) is 3.17. The molecule has 0 saturated heterocycles. The summed E-state index contributed by atoms with van der Waals surface area (Å²) in [6.07, 6.45) is 3.91. The molecule has 1 fully saturated rings. The normalized spacial score (nSPS) is 17.1. The van der Waals surface area contributed by atoms with Crippen molar-refractivity contribution in [1.82, 2.24) is 5.32 Å². The highest BCUT2D eigenvalue weighted by molar-refractivity contribution is 5.86. The summed E-state index contributed by atoms with van der Waals surface area (Å²) in [6, 6.07) is 2.25. The third-order valence-electron chi connectivity index (χ3n) is 3.17. The molecule has 4 nitrogen and oxygen atoms in total. The molecule has 1 aromatic rings. The minimum Gasteiger partial charge on any atom is -0.475 e. The van der Waals surface area contributed by atoms with Crippen LogP contribution in [0.5, 0.6) is 0 Å². The number of carboxylic acids is 1. The molecule has 1 heterocycles. The second-order valence-corrected chi connectivity index (χ2v) is 4.99. The summed E-state index contributed by atoms with van der Waals surface area (Å²) in [6.45, 7) is 4.51. The third kappa shape index (κ3) is 3.33. The molecule has 1 atom stereocenters. The highest BCUT2D eigenvalue weighted by atomic mass is 16.4. The highest BCUT2D eigenvalue weighted by Gasteiger charge is 2.23. The van der Waals surface area contributed by atoms with E-state index in [1.165, 1.54) is 19.3 Å². The van der Waals surface area contributed by atoms with E-state index in [0.29, 0.717) is 23.9 Å². The Morgan fingerprint density at radius 1 is 1.65 bits per heavy atom. The van der Waals surface area contributed by atoms with Crippen LogP contribution in [0.3, 0.4) is 0 Å². The summed E-state index contributed by atoms with van der Waals surface area (Å²) in [7, 11) is 0. The Morgan fingerprint density at radius 2 is 2.35 bits per heavy atom. The van der Waals surface area contributed by atoms with Gasteiger partial charge >= 0.3 is 5.97 Å². The van der Waals surface area contributed by atoms with Crippen LogP contribution in [0.25, 0.3) is 0 Å². The topological polar surface area (TPSA) is 62.5 Å². The molecule has 2 N–H and O–H groups in total. The Balaban J connectivity index is 1.85. The number of aryl methyl sites for hydroxylation is 1. The van der Waals surface area contributed by atoms with Gasteiger partial charge in [-0.05, 0) is 32.3 Å². The zero-order valence-corrected chi connectivity index (χ0v) is 10.3. The summed E-state index contributed by atoms with van der Waals surface area (Å²) in [5, 5.41) is 12.2. The number of hydrogen-bond donors (Lipinski definition) is 2. The first kappa shape index (κ1) is 12.2. The minimum atomic E-state index is -1.00. The summed E-state index contributed by atoms with van der Waals surface area (Å²) in [4.78, 5) is 10.8. The number of aromatic carboxylic acids is 1. The Hall–Kier alpha value is -1.29. The zero-order valence-electron chi connectivity index (χ0n) is 10.3. The molecule has 0 spiro atoms. The standard InChI is InChI=1S/C13H19NO3/c1-8-5-11(17-12(8)13(15)16)7-14-9(2)6-10-3-4-10/h5,9-10,14H,3-4,6-7H2,1-2H3,(H,15,16). The van der Waals surface area contributed by atoms with E-state index in [0.717, 1.165) is 5.92 Å². The predicted molar refractivity (Wildman–Crippen MR) is 64.0 cm³/mol. The van der Waals surface area contributed by atoms with Crippen LogP contribution in [-0.2, 0) is 6.54 Å². The molecule has 1 saturated carbocycles. The van der Waals surface area contributed by atoms with Gasteiger partial charge in [-0.25, -0.2) is 4.79 Å². The zero-order chi connectivity index (χ0) is 12.4. The molecule has 2 rings (SSSR count). The van der Waals surface area contributed by atoms with Crippen molar-refractivity contribution < 1.29 is 14.3 Å². The quantitative estimate of drug-likeness (QED) is 0.798. The van der Waals surface area contributed by atoms with Gasteiger partial charge in [-0.1, -0.05) is 12.8 Å². The predicted octanol–water partition coefficient (Wildman–Crippen LogP) is 2.56. The maximum absolute atomic E-state index is 10.8. The molecule has 94 valence electrons.